The van der Waals surface area contributed by atoms with Gasteiger partial charge in [-0.15, -0.1) is 0 Å². The number of hydrogen-bond acceptors (Lipinski definition) is 3. The monoisotopic (exact) mass is 242 g/mol. The molecule has 0 fully saturated rings. The maximum Gasteiger partial charge on any atom is 0.417 e. The van der Waals surface area contributed by atoms with Gasteiger partial charge in [0.2, 0.25) is 5.43 Å². The van der Waals surface area contributed by atoms with Gasteiger partial charge in [0.25, 0.3) is 5.43 Å². The maximum absolute atomic E-state index is 12.6. The molecule has 0 radical (unpaired) electrons. The second kappa shape index (κ2) is 3.44. The summed E-state index contributed by atoms with van der Waals surface area (Å²) in [7, 11) is 0. The molecule has 6 heteroatoms. The van der Waals surface area contributed by atoms with Crippen molar-refractivity contribution in [3.63, 3.8) is 0 Å². The van der Waals surface area contributed by atoms with E-state index >= 15 is 0 Å². The second-order valence-corrected chi connectivity index (χ2v) is 3.43. The van der Waals surface area contributed by atoms with E-state index in [2.05, 4.69) is 0 Å². The smallest absolute Gasteiger partial charge is 0.417 e. The van der Waals surface area contributed by atoms with Crippen molar-refractivity contribution < 1.29 is 18.3 Å². The van der Waals surface area contributed by atoms with E-state index in [1.807, 2.05) is 0 Å². The molecular weight excluding hydrogens is 237 g/mol. The predicted molar refractivity (Wildman–Crippen MR) is 53.5 cm³/mol. The van der Waals surface area contributed by atoms with E-state index in [1.165, 1.54) is 6.07 Å². The van der Waals surface area contributed by atoms with Gasteiger partial charge in [0, 0.05) is 5.56 Å². The first-order valence-electron chi connectivity index (χ1n) is 4.53. The lowest BCUT2D eigenvalue weighted by Crippen LogP contribution is -2.32. The number of aromatic hydroxyl groups is 1. The zero-order valence-corrected chi connectivity index (χ0v) is 8.21. The van der Waals surface area contributed by atoms with Gasteiger partial charge >= 0.3 is 6.18 Å². The standard InChI is InChI=1S/C11H5F3O3/c12-11(13,14)6-4-2-1-3-5(6)7-8(15)10(17)9(7)16/h1-4,15H. The van der Waals surface area contributed by atoms with E-state index in [0.29, 0.717) is 0 Å². The number of hydrogen-bond donors (Lipinski definition) is 1. The highest BCUT2D eigenvalue weighted by atomic mass is 19.4. The Morgan fingerprint density at radius 3 is 2.12 bits per heavy atom. The Morgan fingerprint density at radius 1 is 1.00 bits per heavy atom. The summed E-state index contributed by atoms with van der Waals surface area (Å²) in [6, 6.07) is 4.28. The molecule has 17 heavy (non-hydrogen) atoms. The molecule has 0 aliphatic rings. The topological polar surface area (TPSA) is 54.4 Å². The van der Waals surface area contributed by atoms with Crippen molar-refractivity contribution in [3.8, 4) is 16.9 Å². The van der Waals surface area contributed by atoms with Crippen LogP contribution in [-0.4, -0.2) is 5.11 Å². The average molecular weight is 242 g/mol. The molecule has 0 aliphatic carbocycles. The number of alkyl halides is 3. The van der Waals surface area contributed by atoms with E-state index in [1.54, 1.807) is 0 Å². The van der Waals surface area contributed by atoms with Crippen molar-refractivity contribution >= 4 is 0 Å². The normalized spacial score (nSPS) is 11.9. The lowest BCUT2D eigenvalue weighted by atomic mass is 9.95. The Labute approximate surface area is 92.4 Å². The Balaban J connectivity index is 2.71. The molecule has 0 saturated carbocycles. The Morgan fingerprint density at radius 2 is 1.59 bits per heavy atom. The van der Waals surface area contributed by atoms with Crippen molar-refractivity contribution in [2.24, 2.45) is 0 Å². The molecule has 2 aromatic carbocycles. The molecule has 0 heterocycles. The maximum atomic E-state index is 12.6. The number of benzene rings is 1. The largest absolute Gasteiger partial charge is 0.503 e. The fourth-order valence-electron chi connectivity index (χ4n) is 1.58. The minimum absolute atomic E-state index is 0.470. The Bertz CT molecular complexity index is 649. The van der Waals surface area contributed by atoms with Crippen LogP contribution in [0.5, 0.6) is 5.75 Å². The van der Waals surface area contributed by atoms with E-state index in [-0.39, 0.29) is 0 Å². The predicted octanol–water partition coefficient (Wildman–Crippen LogP) is 1.67. The lowest BCUT2D eigenvalue weighted by Gasteiger charge is -2.13. The quantitative estimate of drug-likeness (QED) is 0.774. The van der Waals surface area contributed by atoms with Gasteiger partial charge in [-0.3, -0.25) is 9.59 Å². The molecule has 88 valence electrons. The molecule has 2 aromatic rings. The highest BCUT2D eigenvalue weighted by molar-refractivity contribution is 5.76. The van der Waals surface area contributed by atoms with E-state index in [0.717, 1.165) is 18.2 Å². The molecule has 0 unspecified atom stereocenters. The highest BCUT2D eigenvalue weighted by Crippen LogP contribution is 2.38. The van der Waals surface area contributed by atoms with Crippen LogP contribution in [0, 0.1) is 0 Å². The van der Waals surface area contributed by atoms with Crippen molar-refractivity contribution in [2.75, 3.05) is 0 Å². The minimum Gasteiger partial charge on any atom is -0.503 e. The van der Waals surface area contributed by atoms with Gasteiger partial charge < -0.3 is 5.11 Å². The van der Waals surface area contributed by atoms with Crippen LogP contribution in [-0.2, 0) is 6.18 Å². The lowest BCUT2D eigenvalue weighted by molar-refractivity contribution is -0.137. The molecule has 0 saturated heterocycles. The van der Waals surface area contributed by atoms with Crippen molar-refractivity contribution in [1.82, 2.24) is 0 Å². The summed E-state index contributed by atoms with van der Waals surface area (Å²) >= 11 is 0. The first-order chi connectivity index (χ1) is 7.84. The third-order valence-corrected chi connectivity index (χ3v) is 2.39. The van der Waals surface area contributed by atoms with Crippen LogP contribution >= 0.6 is 0 Å². The fraction of sp³-hybridized carbons (Fsp3) is 0.0909. The Hall–Kier alpha value is -2.11. The van der Waals surface area contributed by atoms with E-state index < -0.39 is 39.5 Å². The average Bonchev–Trinajstić information content (AvgIpc) is 2.28. The van der Waals surface area contributed by atoms with Crippen LogP contribution in [0.2, 0.25) is 0 Å². The van der Waals surface area contributed by atoms with Crippen molar-refractivity contribution in [3.05, 3.63) is 50.3 Å². The summed E-state index contributed by atoms with van der Waals surface area (Å²) in [5, 5.41) is 9.13. The molecule has 1 N–H and O–H groups in total. The molecule has 3 nitrogen and oxygen atoms in total. The summed E-state index contributed by atoms with van der Waals surface area (Å²) in [6.07, 6.45) is -4.65. The van der Waals surface area contributed by atoms with Gasteiger partial charge in [0.1, 0.15) is 0 Å². The molecule has 0 spiro atoms. The van der Waals surface area contributed by atoms with Crippen molar-refractivity contribution in [2.45, 2.75) is 6.18 Å². The summed E-state index contributed by atoms with van der Waals surface area (Å²) < 4.78 is 37.9. The highest BCUT2D eigenvalue weighted by Gasteiger charge is 2.36. The molecule has 0 bridgehead atoms. The minimum atomic E-state index is -4.65. The van der Waals surface area contributed by atoms with Crippen molar-refractivity contribution in [1.29, 1.82) is 0 Å². The zero-order valence-electron chi connectivity index (χ0n) is 8.21. The first kappa shape index (κ1) is 11.4. The summed E-state index contributed by atoms with van der Waals surface area (Å²) in [6.45, 7) is 0. The second-order valence-electron chi connectivity index (χ2n) is 3.43. The van der Waals surface area contributed by atoms with Crippen LogP contribution in [0.25, 0.3) is 11.1 Å². The first-order valence-corrected chi connectivity index (χ1v) is 4.53. The fourth-order valence-corrected chi connectivity index (χ4v) is 1.58. The van der Waals surface area contributed by atoms with Crippen LogP contribution in [0.15, 0.2) is 33.9 Å². The van der Waals surface area contributed by atoms with Gasteiger partial charge in [-0.25, -0.2) is 0 Å². The summed E-state index contributed by atoms with van der Waals surface area (Å²) in [5.74, 6) is -0.910. The third kappa shape index (κ3) is 1.61. The van der Waals surface area contributed by atoms with Gasteiger partial charge in [-0.2, -0.15) is 13.2 Å². The van der Waals surface area contributed by atoms with Crippen LogP contribution in [0.1, 0.15) is 5.56 Å². The van der Waals surface area contributed by atoms with Gasteiger partial charge in [0.05, 0.1) is 11.1 Å². The van der Waals surface area contributed by atoms with Crippen LogP contribution < -0.4 is 10.9 Å². The van der Waals surface area contributed by atoms with E-state index in [9.17, 15) is 22.8 Å². The molecule has 0 aromatic heterocycles. The molecule has 0 aliphatic heterocycles. The molecule has 0 atom stereocenters. The van der Waals surface area contributed by atoms with Gasteiger partial charge in [0.15, 0.2) is 5.75 Å². The summed E-state index contributed by atoms with van der Waals surface area (Å²) in [4.78, 5) is 21.9. The molecule has 2 rings (SSSR count). The molecule has 0 amide bonds. The molecular formula is C11H5F3O3. The van der Waals surface area contributed by atoms with Crippen LogP contribution in [0.3, 0.4) is 0 Å². The van der Waals surface area contributed by atoms with Gasteiger partial charge in [-0.05, 0) is 6.07 Å². The SMILES string of the molecule is O=c1c(O)c(-c2ccccc2C(F)(F)F)c1=O. The summed E-state index contributed by atoms with van der Waals surface area (Å²) in [5.41, 5.74) is -4.34. The van der Waals surface area contributed by atoms with E-state index in [4.69, 9.17) is 5.11 Å². The zero-order chi connectivity index (χ0) is 12.8. The van der Waals surface area contributed by atoms with Gasteiger partial charge in [-0.1, -0.05) is 18.2 Å². The number of rotatable bonds is 1. The Kier molecular flexibility index (Phi) is 2.30. The third-order valence-electron chi connectivity index (χ3n) is 2.39. The number of halogens is 3. The van der Waals surface area contributed by atoms with Crippen LogP contribution in [0.4, 0.5) is 13.2 Å².